The zero-order chi connectivity index (χ0) is 19.5. The molecule has 2 aromatic rings. The highest BCUT2D eigenvalue weighted by atomic mass is 16.5. The highest BCUT2D eigenvalue weighted by Crippen LogP contribution is 2.37. The number of hydrogen-bond acceptors (Lipinski definition) is 6. The standard InChI is InChI=1S/C22H32N4O2/c1-15(2)23-20-16-8-6-9-17(16)24-18-14-19(22(27-3)25-21(18)20)28-13-7-12-26-10-4-5-11-26/h14-15H,4-13H2,1-3H3,(H,23,24). The first-order chi connectivity index (χ1) is 13.7. The van der Waals surface area contributed by atoms with Crippen LogP contribution in [0, 0.1) is 0 Å². The summed E-state index contributed by atoms with van der Waals surface area (Å²) >= 11 is 0. The van der Waals surface area contributed by atoms with E-state index in [1.807, 2.05) is 6.07 Å². The molecular formula is C22H32N4O2. The van der Waals surface area contributed by atoms with E-state index in [0.717, 1.165) is 48.9 Å². The van der Waals surface area contributed by atoms with Gasteiger partial charge in [0.2, 0.25) is 0 Å². The van der Waals surface area contributed by atoms with E-state index in [4.69, 9.17) is 19.4 Å². The van der Waals surface area contributed by atoms with Crippen molar-refractivity contribution in [3.8, 4) is 11.6 Å². The van der Waals surface area contributed by atoms with Gasteiger partial charge in [0.15, 0.2) is 5.75 Å². The maximum absolute atomic E-state index is 6.06. The predicted octanol–water partition coefficient (Wildman–Crippen LogP) is 3.81. The largest absolute Gasteiger partial charge is 0.488 e. The van der Waals surface area contributed by atoms with Crippen molar-refractivity contribution in [1.82, 2.24) is 14.9 Å². The third-order valence-corrected chi connectivity index (χ3v) is 5.62. The van der Waals surface area contributed by atoms with E-state index in [-0.39, 0.29) is 0 Å². The molecule has 1 aliphatic heterocycles. The van der Waals surface area contributed by atoms with Crippen LogP contribution < -0.4 is 14.8 Å². The number of anilines is 1. The lowest BCUT2D eigenvalue weighted by Gasteiger charge is -2.18. The molecule has 0 radical (unpaired) electrons. The van der Waals surface area contributed by atoms with Gasteiger partial charge in [0, 0.05) is 24.3 Å². The molecule has 152 valence electrons. The van der Waals surface area contributed by atoms with Crippen molar-refractivity contribution in [2.24, 2.45) is 0 Å². The van der Waals surface area contributed by atoms with E-state index in [1.165, 1.54) is 37.2 Å². The van der Waals surface area contributed by atoms with Gasteiger partial charge < -0.3 is 19.7 Å². The Morgan fingerprint density at radius 1 is 1.14 bits per heavy atom. The van der Waals surface area contributed by atoms with Crippen LogP contribution in [0.3, 0.4) is 0 Å². The van der Waals surface area contributed by atoms with Gasteiger partial charge in [-0.25, -0.2) is 4.98 Å². The average Bonchev–Trinajstić information content (AvgIpc) is 3.35. The van der Waals surface area contributed by atoms with Crippen LogP contribution in [0.2, 0.25) is 0 Å². The molecule has 4 rings (SSSR count). The van der Waals surface area contributed by atoms with E-state index in [9.17, 15) is 0 Å². The summed E-state index contributed by atoms with van der Waals surface area (Å²) in [5.41, 5.74) is 5.40. The summed E-state index contributed by atoms with van der Waals surface area (Å²) in [6.45, 7) is 8.52. The third-order valence-electron chi connectivity index (χ3n) is 5.62. The Balaban J connectivity index is 1.58. The Hall–Kier alpha value is -2.08. The molecule has 3 heterocycles. The van der Waals surface area contributed by atoms with Crippen molar-refractivity contribution in [3.63, 3.8) is 0 Å². The van der Waals surface area contributed by atoms with Crippen LogP contribution in [0.1, 0.15) is 50.8 Å². The molecule has 0 bridgehead atoms. The highest BCUT2D eigenvalue weighted by Gasteiger charge is 2.23. The first-order valence-corrected chi connectivity index (χ1v) is 10.7. The van der Waals surface area contributed by atoms with Crippen molar-refractivity contribution in [3.05, 3.63) is 17.3 Å². The molecule has 1 fully saturated rings. The zero-order valence-corrected chi connectivity index (χ0v) is 17.4. The van der Waals surface area contributed by atoms with Crippen LogP contribution in [0.15, 0.2) is 6.07 Å². The van der Waals surface area contributed by atoms with Gasteiger partial charge in [-0.3, -0.25) is 4.98 Å². The fourth-order valence-electron chi connectivity index (χ4n) is 4.32. The quantitative estimate of drug-likeness (QED) is 0.699. The minimum absolute atomic E-state index is 0.338. The van der Waals surface area contributed by atoms with Crippen molar-refractivity contribution in [1.29, 1.82) is 0 Å². The Morgan fingerprint density at radius 2 is 1.96 bits per heavy atom. The SMILES string of the molecule is COc1nc2c(NC(C)C)c3c(nc2cc1OCCCN1CCCC1)CCC3. The zero-order valence-electron chi connectivity index (χ0n) is 17.4. The van der Waals surface area contributed by atoms with E-state index in [0.29, 0.717) is 24.3 Å². The second kappa shape index (κ2) is 8.52. The fraction of sp³-hybridized carbons (Fsp3) is 0.636. The lowest BCUT2D eigenvalue weighted by molar-refractivity contribution is 0.252. The second-order valence-corrected chi connectivity index (χ2v) is 8.18. The van der Waals surface area contributed by atoms with Gasteiger partial charge in [-0.2, -0.15) is 0 Å². The van der Waals surface area contributed by atoms with Gasteiger partial charge in [-0.15, -0.1) is 0 Å². The van der Waals surface area contributed by atoms with Gasteiger partial charge in [-0.05, 0) is 71.0 Å². The summed E-state index contributed by atoms with van der Waals surface area (Å²) in [6.07, 6.45) is 6.92. The van der Waals surface area contributed by atoms with Crippen molar-refractivity contribution >= 4 is 16.7 Å². The Kier molecular flexibility index (Phi) is 5.85. The topological polar surface area (TPSA) is 59.5 Å². The van der Waals surface area contributed by atoms with Crippen LogP contribution in [0.5, 0.6) is 11.6 Å². The molecule has 1 saturated heterocycles. The summed E-state index contributed by atoms with van der Waals surface area (Å²) < 4.78 is 11.6. The second-order valence-electron chi connectivity index (χ2n) is 8.18. The molecule has 1 N–H and O–H groups in total. The number of aryl methyl sites for hydroxylation is 1. The molecule has 0 unspecified atom stereocenters. The molecule has 0 amide bonds. The maximum Gasteiger partial charge on any atom is 0.257 e. The summed E-state index contributed by atoms with van der Waals surface area (Å²) in [5.74, 6) is 1.23. The van der Waals surface area contributed by atoms with E-state index >= 15 is 0 Å². The molecule has 2 aliphatic rings. The summed E-state index contributed by atoms with van der Waals surface area (Å²) in [6, 6.07) is 2.34. The van der Waals surface area contributed by atoms with Crippen molar-refractivity contribution < 1.29 is 9.47 Å². The number of fused-ring (bicyclic) bond motifs is 2. The minimum atomic E-state index is 0.338. The van der Waals surface area contributed by atoms with Gasteiger partial charge in [0.25, 0.3) is 5.88 Å². The van der Waals surface area contributed by atoms with Crippen LogP contribution in [0.25, 0.3) is 11.0 Å². The van der Waals surface area contributed by atoms with Crippen molar-refractivity contribution in [2.45, 2.75) is 58.4 Å². The Morgan fingerprint density at radius 3 is 2.71 bits per heavy atom. The lowest BCUT2D eigenvalue weighted by Crippen LogP contribution is -2.22. The Labute approximate surface area is 167 Å². The minimum Gasteiger partial charge on any atom is -0.488 e. The molecule has 28 heavy (non-hydrogen) atoms. The van der Waals surface area contributed by atoms with E-state index in [2.05, 4.69) is 24.1 Å². The number of pyridine rings is 2. The van der Waals surface area contributed by atoms with Gasteiger partial charge >= 0.3 is 0 Å². The highest BCUT2D eigenvalue weighted by molar-refractivity contribution is 5.92. The summed E-state index contributed by atoms with van der Waals surface area (Å²) in [7, 11) is 1.65. The lowest BCUT2D eigenvalue weighted by atomic mass is 10.1. The molecule has 6 nitrogen and oxygen atoms in total. The number of rotatable bonds is 8. The molecule has 6 heteroatoms. The summed E-state index contributed by atoms with van der Waals surface area (Å²) in [5, 5.41) is 3.60. The van der Waals surface area contributed by atoms with Crippen molar-refractivity contribution in [2.75, 3.05) is 38.7 Å². The van der Waals surface area contributed by atoms with Crippen LogP contribution in [-0.2, 0) is 12.8 Å². The molecule has 0 atom stereocenters. The van der Waals surface area contributed by atoms with Gasteiger partial charge in [0.1, 0.15) is 5.52 Å². The number of nitrogens with zero attached hydrogens (tertiary/aromatic N) is 3. The average molecular weight is 385 g/mol. The third kappa shape index (κ3) is 4.02. The van der Waals surface area contributed by atoms with Crippen LogP contribution >= 0.6 is 0 Å². The van der Waals surface area contributed by atoms with Crippen LogP contribution in [0.4, 0.5) is 5.69 Å². The fourth-order valence-corrected chi connectivity index (χ4v) is 4.32. The predicted molar refractivity (Wildman–Crippen MR) is 113 cm³/mol. The number of hydrogen-bond donors (Lipinski definition) is 1. The maximum atomic E-state index is 6.06. The molecular weight excluding hydrogens is 352 g/mol. The normalized spacial score (nSPS) is 16.7. The number of ether oxygens (including phenoxy) is 2. The molecule has 1 aliphatic carbocycles. The smallest absolute Gasteiger partial charge is 0.257 e. The Bertz CT molecular complexity index is 831. The van der Waals surface area contributed by atoms with E-state index < -0.39 is 0 Å². The first-order valence-electron chi connectivity index (χ1n) is 10.7. The van der Waals surface area contributed by atoms with Gasteiger partial charge in [-0.1, -0.05) is 0 Å². The number of nitrogens with one attached hydrogen (secondary N) is 1. The summed E-state index contributed by atoms with van der Waals surface area (Å²) in [4.78, 5) is 12.2. The molecule has 2 aromatic heterocycles. The van der Waals surface area contributed by atoms with Gasteiger partial charge in [0.05, 0.1) is 24.9 Å². The molecule has 0 saturated carbocycles. The van der Waals surface area contributed by atoms with Crippen LogP contribution in [-0.4, -0.2) is 54.3 Å². The number of methoxy groups -OCH3 is 1. The van der Waals surface area contributed by atoms with E-state index in [1.54, 1.807) is 7.11 Å². The molecule has 0 spiro atoms. The molecule has 0 aromatic carbocycles. The number of aromatic nitrogens is 2. The monoisotopic (exact) mass is 384 g/mol. The number of likely N-dealkylation sites (tertiary alicyclic amines) is 1. The first kappa shape index (κ1) is 19.2.